The van der Waals surface area contributed by atoms with Crippen LogP contribution in [0.5, 0.6) is 0 Å². The van der Waals surface area contributed by atoms with E-state index >= 15 is 0 Å². The molecule has 3 aromatic rings. The zero-order chi connectivity index (χ0) is 31.9. The van der Waals surface area contributed by atoms with E-state index in [1.165, 1.54) is 0 Å². The molecule has 2 aliphatic heterocycles. The van der Waals surface area contributed by atoms with E-state index in [-0.39, 0.29) is 29.3 Å². The fraction of sp³-hybridized carbons (Fsp3) is 0.500. The summed E-state index contributed by atoms with van der Waals surface area (Å²) in [5.41, 5.74) is 4.79. The molecule has 0 aliphatic carbocycles. The third-order valence-electron chi connectivity index (χ3n) is 8.74. The summed E-state index contributed by atoms with van der Waals surface area (Å²) < 4.78 is 55.5. The molecule has 4 atom stereocenters. The smallest absolute Gasteiger partial charge is 0.297 e. The summed E-state index contributed by atoms with van der Waals surface area (Å²) in [6, 6.07) is 23.2. The van der Waals surface area contributed by atoms with Crippen molar-refractivity contribution >= 4 is 21.7 Å². The Labute approximate surface area is 273 Å². The summed E-state index contributed by atoms with van der Waals surface area (Å²) >= 11 is 6.29. The van der Waals surface area contributed by atoms with Gasteiger partial charge in [-0.3, -0.25) is 4.18 Å². The number of benzene rings is 3. The summed E-state index contributed by atoms with van der Waals surface area (Å²) in [4.78, 5) is 0.120. The van der Waals surface area contributed by atoms with E-state index in [2.05, 4.69) is 50.2 Å². The Morgan fingerprint density at radius 1 is 0.756 bits per heavy atom. The highest BCUT2D eigenvalue weighted by atomic mass is 35.5. The number of rotatable bonds is 13. The van der Waals surface area contributed by atoms with Gasteiger partial charge in [0.15, 0.2) is 12.6 Å². The molecule has 0 spiro atoms. The molecule has 5 rings (SSSR count). The van der Waals surface area contributed by atoms with Gasteiger partial charge in [0.05, 0.1) is 23.5 Å². The van der Waals surface area contributed by atoms with E-state index in [9.17, 15) is 8.42 Å². The predicted molar refractivity (Wildman–Crippen MR) is 175 cm³/mol. The monoisotopic (exact) mass is 656 g/mol. The molecule has 0 radical (unpaired) electrons. The minimum atomic E-state index is -3.95. The van der Waals surface area contributed by atoms with Crippen LogP contribution in [0.2, 0.25) is 0 Å². The number of hydrogen-bond donors (Lipinski definition) is 0. The summed E-state index contributed by atoms with van der Waals surface area (Å²) in [5, 5.41) is 0. The molecular formula is C36H45ClO7S. The average molecular weight is 657 g/mol. The molecule has 2 heterocycles. The highest BCUT2D eigenvalue weighted by Crippen LogP contribution is 2.35. The minimum Gasteiger partial charge on any atom is -0.353 e. The number of hydrogen-bond acceptors (Lipinski definition) is 7. The van der Waals surface area contributed by atoms with Gasteiger partial charge in [-0.05, 0) is 79.8 Å². The Kier molecular flexibility index (Phi) is 11.7. The van der Waals surface area contributed by atoms with Crippen LogP contribution in [-0.4, -0.2) is 46.7 Å². The Morgan fingerprint density at radius 3 is 1.71 bits per heavy atom. The largest absolute Gasteiger partial charge is 0.353 e. The Balaban J connectivity index is 1.30. The maximum atomic E-state index is 13.0. The van der Waals surface area contributed by atoms with Gasteiger partial charge in [-0.15, -0.1) is 11.6 Å². The highest BCUT2D eigenvalue weighted by Gasteiger charge is 2.28. The Morgan fingerprint density at radius 2 is 1.24 bits per heavy atom. The molecule has 2 fully saturated rings. The van der Waals surface area contributed by atoms with Crippen LogP contribution in [0, 0.1) is 6.92 Å². The molecule has 0 N–H and O–H groups in total. The van der Waals surface area contributed by atoms with Crippen molar-refractivity contribution in [2.45, 2.75) is 94.4 Å². The molecule has 244 valence electrons. The molecule has 0 bridgehead atoms. The van der Waals surface area contributed by atoms with Crippen molar-refractivity contribution in [1.82, 2.24) is 0 Å². The standard InChI is InChI=1S/C36H45ClO7S/c1-26-10-20-31(21-11-26)45(38,39)42-25-33(44-35-9-5-7-23-41-35)28-14-18-30(19-15-28)36(2,3)29-16-12-27(13-17-29)32(24-37)43-34-8-4-6-22-40-34/h10-21,32-35H,4-9,22-25H2,1-3H3/t32-,33-,34?,35?/m1/s1. The van der Waals surface area contributed by atoms with Gasteiger partial charge >= 0.3 is 0 Å². The van der Waals surface area contributed by atoms with E-state index in [0.717, 1.165) is 72.9 Å². The van der Waals surface area contributed by atoms with Crippen molar-refractivity contribution in [1.29, 1.82) is 0 Å². The van der Waals surface area contributed by atoms with Crippen LogP contribution in [0.15, 0.2) is 77.7 Å². The average Bonchev–Trinajstić information content (AvgIpc) is 3.07. The lowest BCUT2D eigenvalue weighted by Gasteiger charge is -2.30. The van der Waals surface area contributed by atoms with E-state index in [1.807, 2.05) is 19.1 Å². The van der Waals surface area contributed by atoms with Crippen LogP contribution >= 0.6 is 11.6 Å². The molecule has 0 saturated carbocycles. The molecule has 0 amide bonds. The third kappa shape index (κ3) is 8.95. The molecule has 0 aromatic heterocycles. The van der Waals surface area contributed by atoms with Gasteiger partial charge < -0.3 is 18.9 Å². The maximum absolute atomic E-state index is 13.0. The van der Waals surface area contributed by atoms with Crippen molar-refractivity contribution in [2.75, 3.05) is 25.7 Å². The first kappa shape index (κ1) is 34.0. The van der Waals surface area contributed by atoms with Crippen LogP contribution in [0.1, 0.15) is 92.4 Å². The molecule has 7 nitrogen and oxygen atoms in total. The van der Waals surface area contributed by atoms with Crippen LogP contribution < -0.4 is 0 Å². The fourth-order valence-corrected chi connectivity index (χ4v) is 6.90. The number of aryl methyl sites for hydroxylation is 1. The maximum Gasteiger partial charge on any atom is 0.297 e. The quantitative estimate of drug-likeness (QED) is 0.136. The van der Waals surface area contributed by atoms with Gasteiger partial charge in [-0.25, -0.2) is 0 Å². The number of ether oxygens (including phenoxy) is 4. The zero-order valence-corrected chi connectivity index (χ0v) is 28.0. The summed E-state index contributed by atoms with van der Waals surface area (Å²) in [6.45, 7) is 7.47. The van der Waals surface area contributed by atoms with Crippen LogP contribution in [0.25, 0.3) is 0 Å². The van der Waals surface area contributed by atoms with E-state index in [4.69, 9.17) is 34.7 Å². The van der Waals surface area contributed by atoms with Crippen LogP contribution in [0.4, 0.5) is 0 Å². The number of alkyl halides is 1. The SMILES string of the molecule is Cc1ccc(S(=O)(=O)OC[C@@H](OC2CCCCO2)c2ccc(C(C)(C)c3ccc([C@@H](CCl)OC4CCCCO4)cc3)cc2)cc1. The lowest BCUT2D eigenvalue weighted by molar-refractivity contribution is -0.195. The zero-order valence-electron chi connectivity index (χ0n) is 26.5. The van der Waals surface area contributed by atoms with Crippen LogP contribution in [0.3, 0.4) is 0 Å². The predicted octanol–water partition coefficient (Wildman–Crippen LogP) is 8.13. The van der Waals surface area contributed by atoms with Gasteiger partial charge in [0, 0.05) is 18.6 Å². The van der Waals surface area contributed by atoms with Gasteiger partial charge in [0.1, 0.15) is 6.10 Å². The van der Waals surface area contributed by atoms with Crippen molar-refractivity contribution in [3.05, 3.63) is 101 Å². The van der Waals surface area contributed by atoms with Crippen molar-refractivity contribution in [2.24, 2.45) is 0 Å². The van der Waals surface area contributed by atoms with Crippen LogP contribution in [-0.2, 0) is 38.7 Å². The molecule has 2 saturated heterocycles. The topological polar surface area (TPSA) is 80.3 Å². The molecule has 9 heteroatoms. The van der Waals surface area contributed by atoms with Gasteiger partial charge in [0.2, 0.25) is 0 Å². The Bertz CT molecular complexity index is 1440. The first-order chi connectivity index (χ1) is 21.7. The first-order valence-electron chi connectivity index (χ1n) is 15.9. The van der Waals surface area contributed by atoms with Crippen molar-refractivity contribution in [3.63, 3.8) is 0 Å². The molecular weight excluding hydrogens is 612 g/mol. The van der Waals surface area contributed by atoms with Gasteiger partial charge in [-0.2, -0.15) is 8.42 Å². The molecule has 2 aliphatic rings. The van der Waals surface area contributed by atoms with Gasteiger partial charge in [-0.1, -0.05) is 80.1 Å². The Hall–Kier alpha value is -2.30. The summed E-state index contributed by atoms with van der Waals surface area (Å²) in [7, 11) is -3.95. The lowest BCUT2D eigenvalue weighted by atomic mass is 9.77. The second-order valence-corrected chi connectivity index (χ2v) is 14.3. The van der Waals surface area contributed by atoms with Gasteiger partial charge in [0.25, 0.3) is 10.1 Å². The first-order valence-corrected chi connectivity index (χ1v) is 17.9. The highest BCUT2D eigenvalue weighted by molar-refractivity contribution is 7.86. The molecule has 3 aromatic carbocycles. The van der Waals surface area contributed by atoms with E-state index in [0.29, 0.717) is 12.5 Å². The second-order valence-electron chi connectivity index (χ2n) is 12.4. The molecule has 45 heavy (non-hydrogen) atoms. The van der Waals surface area contributed by atoms with Crippen molar-refractivity contribution in [3.8, 4) is 0 Å². The normalized spacial score (nSPS) is 20.9. The summed E-state index contributed by atoms with van der Waals surface area (Å²) in [5.74, 6) is 0.356. The summed E-state index contributed by atoms with van der Waals surface area (Å²) in [6.07, 6.45) is 4.35. The fourth-order valence-electron chi connectivity index (χ4n) is 5.74. The van der Waals surface area contributed by atoms with E-state index < -0.39 is 22.5 Å². The minimum absolute atomic E-state index is 0.120. The van der Waals surface area contributed by atoms with E-state index in [1.54, 1.807) is 24.3 Å². The second kappa shape index (κ2) is 15.5. The van der Waals surface area contributed by atoms with Crippen molar-refractivity contribution < 1.29 is 31.5 Å². The number of halogens is 1. The molecule has 2 unspecified atom stereocenters. The third-order valence-corrected chi connectivity index (χ3v) is 10.3. The lowest BCUT2D eigenvalue weighted by Crippen LogP contribution is -2.27.